The third-order valence-electron chi connectivity index (χ3n) is 3.44. The normalized spacial score (nSPS) is 14.3. The molecule has 102 valence electrons. The minimum Gasteiger partial charge on any atom is -0.388 e. The van der Waals surface area contributed by atoms with Crippen LogP contribution in [0.15, 0.2) is 24.3 Å². The summed E-state index contributed by atoms with van der Waals surface area (Å²) in [6, 6.07) is 8.71. The highest BCUT2D eigenvalue weighted by Gasteiger charge is 2.18. The Bertz CT molecular complexity index is 356. The number of para-hydroxylation sites is 1. The topological polar surface area (TPSA) is 23.5 Å². The third-order valence-corrected chi connectivity index (χ3v) is 4.16. The fourth-order valence-electron chi connectivity index (χ4n) is 2.20. The van der Waals surface area contributed by atoms with Gasteiger partial charge < -0.3 is 10.0 Å². The number of thioether (sulfide) groups is 1. The maximum absolute atomic E-state index is 10.1. The Morgan fingerprint density at radius 2 is 1.89 bits per heavy atom. The van der Waals surface area contributed by atoms with Crippen LogP contribution in [-0.2, 0) is 0 Å². The molecule has 0 aliphatic heterocycles. The minimum atomic E-state index is -0.365. The Morgan fingerprint density at radius 1 is 1.22 bits per heavy atom. The predicted octanol–water partition coefficient (Wildman–Crippen LogP) is 3.71. The van der Waals surface area contributed by atoms with E-state index in [1.54, 1.807) is 0 Å². The van der Waals surface area contributed by atoms with Crippen molar-refractivity contribution in [2.45, 2.75) is 38.8 Å². The van der Waals surface area contributed by atoms with E-state index >= 15 is 0 Å². The van der Waals surface area contributed by atoms with Gasteiger partial charge in [0.2, 0.25) is 0 Å². The van der Waals surface area contributed by atoms with Gasteiger partial charge in [-0.1, -0.05) is 32.0 Å². The predicted molar refractivity (Wildman–Crippen MR) is 82.6 cm³/mol. The first-order valence-corrected chi connectivity index (χ1v) is 8.03. The lowest BCUT2D eigenvalue weighted by molar-refractivity contribution is 0.174. The van der Waals surface area contributed by atoms with E-state index in [-0.39, 0.29) is 6.10 Å². The van der Waals surface area contributed by atoms with Crippen LogP contribution in [0.4, 0.5) is 5.69 Å². The van der Waals surface area contributed by atoms with Gasteiger partial charge >= 0.3 is 0 Å². The van der Waals surface area contributed by atoms with E-state index in [0.717, 1.165) is 29.8 Å². The average Bonchev–Trinajstić information content (AvgIpc) is 2.43. The van der Waals surface area contributed by atoms with Crippen molar-refractivity contribution < 1.29 is 5.11 Å². The molecule has 0 heterocycles. The van der Waals surface area contributed by atoms with Crippen LogP contribution in [0.5, 0.6) is 0 Å². The molecule has 1 unspecified atom stereocenters. The number of aliphatic hydroxyl groups is 1. The van der Waals surface area contributed by atoms with Gasteiger partial charge in [-0.2, -0.15) is 11.8 Å². The molecule has 0 fully saturated rings. The second-order valence-electron chi connectivity index (χ2n) is 4.61. The fourth-order valence-corrected chi connectivity index (χ4v) is 3.05. The van der Waals surface area contributed by atoms with E-state index < -0.39 is 0 Å². The number of nitrogens with zero attached hydrogens (tertiary/aromatic N) is 1. The molecule has 0 saturated carbocycles. The molecule has 2 nitrogen and oxygen atoms in total. The summed E-state index contributed by atoms with van der Waals surface area (Å²) in [6.45, 7) is 4.23. The molecule has 18 heavy (non-hydrogen) atoms. The summed E-state index contributed by atoms with van der Waals surface area (Å²) in [5.41, 5.74) is 2.20. The summed E-state index contributed by atoms with van der Waals surface area (Å²) in [4.78, 5) is 2.31. The van der Waals surface area contributed by atoms with E-state index in [1.165, 1.54) is 0 Å². The molecule has 0 aliphatic rings. The lowest BCUT2D eigenvalue weighted by Gasteiger charge is -2.31. The molecular formula is C15H25NOS. The van der Waals surface area contributed by atoms with Crippen molar-refractivity contribution in [3.8, 4) is 0 Å². The Balaban J connectivity index is 3.00. The molecular weight excluding hydrogens is 242 g/mol. The van der Waals surface area contributed by atoms with Gasteiger partial charge in [-0.15, -0.1) is 0 Å². The summed E-state index contributed by atoms with van der Waals surface area (Å²) in [5.74, 6) is 1.11. The molecule has 1 N–H and O–H groups in total. The van der Waals surface area contributed by atoms with Gasteiger partial charge in [0.25, 0.3) is 0 Å². The molecule has 0 saturated heterocycles. The van der Waals surface area contributed by atoms with Crippen LogP contribution in [0.3, 0.4) is 0 Å². The van der Waals surface area contributed by atoms with Gasteiger partial charge in [0, 0.05) is 30.1 Å². The molecule has 1 aromatic rings. The number of benzene rings is 1. The molecule has 2 atom stereocenters. The number of hydrogen-bond acceptors (Lipinski definition) is 3. The van der Waals surface area contributed by atoms with E-state index in [9.17, 15) is 5.11 Å². The number of anilines is 1. The first kappa shape index (κ1) is 15.4. The zero-order chi connectivity index (χ0) is 13.5. The number of hydrogen-bond donors (Lipinski definition) is 1. The molecule has 0 aromatic heterocycles. The van der Waals surface area contributed by atoms with Gasteiger partial charge in [0.15, 0.2) is 0 Å². The van der Waals surface area contributed by atoms with E-state index in [2.05, 4.69) is 31.2 Å². The van der Waals surface area contributed by atoms with Crippen LogP contribution in [0.1, 0.15) is 38.4 Å². The second kappa shape index (κ2) is 7.70. The maximum atomic E-state index is 10.1. The zero-order valence-corrected chi connectivity index (χ0v) is 12.7. The fraction of sp³-hybridized carbons (Fsp3) is 0.600. The third kappa shape index (κ3) is 3.66. The maximum Gasteiger partial charge on any atom is 0.0807 e. The van der Waals surface area contributed by atoms with Gasteiger partial charge in [0.1, 0.15) is 0 Å². The lowest BCUT2D eigenvalue weighted by atomic mass is 10.0. The van der Waals surface area contributed by atoms with E-state index in [1.807, 2.05) is 36.9 Å². The zero-order valence-electron chi connectivity index (χ0n) is 11.9. The van der Waals surface area contributed by atoms with Crippen molar-refractivity contribution in [2.75, 3.05) is 24.0 Å². The van der Waals surface area contributed by atoms with Crippen molar-refractivity contribution in [1.29, 1.82) is 0 Å². The highest BCUT2D eigenvalue weighted by Crippen LogP contribution is 2.29. The monoisotopic (exact) mass is 267 g/mol. The van der Waals surface area contributed by atoms with Crippen molar-refractivity contribution in [2.24, 2.45) is 0 Å². The Kier molecular flexibility index (Phi) is 6.58. The van der Waals surface area contributed by atoms with Crippen LogP contribution >= 0.6 is 11.8 Å². The van der Waals surface area contributed by atoms with E-state index in [0.29, 0.717) is 6.04 Å². The lowest BCUT2D eigenvalue weighted by Crippen LogP contribution is -2.34. The Morgan fingerprint density at radius 3 is 2.44 bits per heavy atom. The van der Waals surface area contributed by atoms with Crippen LogP contribution in [0.25, 0.3) is 0 Å². The molecule has 0 amide bonds. The molecule has 3 heteroatoms. The molecule has 0 aliphatic carbocycles. The number of aliphatic hydroxyl groups excluding tert-OH is 1. The van der Waals surface area contributed by atoms with Crippen molar-refractivity contribution in [1.82, 2.24) is 0 Å². The SMILES string of the molecule is CCC(CSC)N(C)c1ccccc1[C@H](O)CC. The summed E-state index contributed by atoms with van der Waals surface area (Å²) in [5, 5.41) is 10.1. The first-order chi connectivity index (χ1) is 8.65. The quantitative estimate of drug-likeness (QED) is 0.814. The average molecular weight is 267 g/mol. The van der Waals surface area contributed by atoms with Crippen molar-refractivity contribution >= 4 is 17.4 Å². The Hall–Kier alpha value is -0.670. The van der Waals surface area contributed by atoms with Gasteiger partial charge in [-0.3, -0.25) is 0 Å². The second-order valence-corrected chi connectivity index (χ2v) is 5.52. The van der Waals surface area contributed by atoms with Gasteiger partial charge in [-0.25, -0.2) is 0 Å². The summed E-state index contributed by atoms with van der Waals surface area (Å²) < 4.78 is 0. The van der Waals surface area contributed by atoms with Gasteiger partial charge in [-0.05, 0) is 25.2 Å². The molecule has 0 spiro atoms. The summed E-state index contributed by atoms with van der Waals surface area (Å²) >= 11 is 1.87. The minimum absolute atomic E-state index is 0.365. The highest BCUT2D eigenvalue weighted by atomic mass is 32.2. The molecule has 1 aromatic carbocycles. The van der Waals surface area contributed by atoms with Crippen molar-refractivity contribution in [3.05, 3.63) is 29.8 Å². The highest BCUT2D eigenvalue weighted by molar-refractivity contribution is 7.98. The molecule has 1 rings (SSSR count). The van der Waals surface area contributed by atoms with Gasteiger partial charge in [0.05, 0.1) is 6.10 Å². The molecule has 0 bridgehead atoms. The van der Waals surface area contributed by atoms with Crippen LogP contribution in [0, 0.1) is 0 Å². The van der Waals surface area contributed by atoms with E-state index in [4.69, 9.17) is 0 Å². The van der Waals surface area contributed by atoms with Crippen LogP contribution < -0.4 is 4.90 Å². The Labute approximate surface area is 115 Å². The standard InChI is InChI=1S/C15H25NOS/c1-5-12(11-18-4)16(3)14-10-8-7-9-13(14)15(17)6-2/h7-10,12,15,17H,5-6,11H2,1-4H3/t12?,15-/m1/s1. The van der Waals surface area contributed by atoms with Crippen molar-refractivity contribution in [3.63, 3.8) is 0 Å². The molecule has 0 radical (unpaired) electrons. The van der Waals surface area contributed by atoms with Crippen LogP contribution in [-0.4, -0.2) is 30.2 Å². The first-order valence-electron chi connectivity index (χ1n) is 6.64. The summed E-state index contributed by atoms with van der Waals surface area (Å²) in [7, 11) is 2.13. The summed E-state index contributed by atoms with van der Waals surface area (Å²) in [6.07, 6.45) is 3.65. The number of rotatable bonds is 7. The van der Waals surface area contributed by atoms with Crippen LogP contribution in [0.2, 0.25) is 0 Å². The largest absolute Gasteiger partial charge is 0.388 e. The smallest absolute Gasteiger partial charge is 0.0807 e.